The first-order valence-electron chi connectivity index (χ1n) is 10.6. The first-order valence-corrected chi connectivity index (χ1v) is 10.6. The summed E-state index contributed by atoms with van der Waals surface area (Å²) in [5, 5.41) is 2.81. The smallest absolute Gasteiger partial charge is 0.114 e. The Morgan fingerprint density at radius 3 is 2.48 bits per heavy atom. The van der Waals surface area contributed by atoms with Crippen molar-refractivity contribution < 1.29 is 4.48 Å². The average Bonchev–Trinajstić information content (AvgIpc) is 3.29. The first-order chi connectivity index (χ1) is 14.1. The van der Waals surface area contributed by atoms with E-state index >= 15 is 4.48 Å². The second kappa shape index (κ2) is 8.52. The summed E-state index contributed by atoms with van der Waals surface area (Å²) in [7, 11) is 0. The van der Waals surface area contributed by atoms with Crippen LogP contribution in [0.2, 0.25) is 0 Å². The van der Waals surface area contributed by atoms with Gasteiger partial charge in [0.25, 0.3) is 0 Å². The van der Waals surface area contributed by atoms with E-state index in [4.69, 9.17) is 0 Å². The minimum atomic E-state index is -0.849. The molecule has 152 valence electrons. The normalized spacial score (nSPS) is 19.4. The number of allylic oxidation sites excluding steroid dienone is 2. The number of halogens is 1. The van der Waals surface area contributed by atoms with Gasteiger partial charge in [0, 0.05) is 18.8 Å². The van der Waals surface area contributed by atoms with Crippen molar-refractivity contribution in [3.05, 3.63) is 89.5 Å². The maximum absolute atomic E-state index is 16.2. The SMILES string of the molecule is CCc1ccccc1N1CCN(N(F)C(C)(C2=CCCC=C2)c2ccccc2)C1. The van der Waals surface area contributed by atoms with Crippen LogP contribution in [0.1, 0.15) is 37.8 Å². The molecule has 0 amide bonds. The molecule has 0 aromatic heterocycles. The van der Waals surface area contributed by atoms with Crippen molar-refractivity contribution in [1.82, 2.24) is 10.2 Å². The molecule has 0 radical (unpaired) electrons. The van der Waals surface area contributed by atoms with Crippen LogP contribution < -0.4 is 4.90 Å². The number of nitrogens with zero attached hydrogens (tertiary/aromatic N) is 3. The van der Waals surface area contributed by atoms with Crippen LogP contribution in [0.15, 0.2) is 78.4 Å². The Labute approximate surface area is 173 Å². The van der Waals surface area contributed by atoms with Crippen LogP contribution in [0.5, 0.6) is 0 Å². The predicted octanol–water partition coefficient (Wildman–Crippen LogP) is 5.62. The highest BCUT2D eigenvalue weighted by atomic mass is 19.2. The lowest BCUT2D eigenvalue weighted by Crippen LogP contribution is -2.50. The molecule has 1 unspecified atom stereocenters. The van der Waals surface area contributed by atoms with E-state index < -0.39 is 5.54 Å². The van der Waals surface area contributed by atoms with Crippen LogP contribution in [0.25, 0.3) is 0 Å². The number of benzene rings is 2. The number of hydrogen-bond donors (Lipinski definition) is 0. The largest absolute Gasteiger partial charge is 0.356 e. The number of para-hydroxylation sites is 1. The van der Waals surface area contributed by atoms with E-state index in [9.17, 15) is 0 Å². The van der Waals surface area contributed by atoms with E-state index in [0.717, 1.165) is 42.2 Å². The van der Waals surface area contributed by atoms with Gasteiger partial charge in [0.15, 0.2) is 0 Å². The van der Waals surface area contributed by atoms with Gasteiger partial charge >= 0.3 is 0 Å². The lowest BCUT2D eigenvalue weighted by molar-refractivity contribution is -0.218. The van der Waals surface area contributed by atoms with Crippen molar-refractivity contribution >= 4 is 5.69 Å². The molecule has 2 aliphatic rings. The van der Waals surface area contributed by atoms with Gasteiger partial charge in [-0.2, -0.15) is 5.01 Å². The molecule has 1 atom stereocenters. The molecule has 2 aromatic rings. The molecular formula is C25H30FN3. The van der Waals surface area contributed by atoms with Gasteiger partial charge in [-0.05, 0) is 49.0 Å². The van der Waals surface area contributed by atoms with Crippen LogP contribution in [0.3, 0.4) is 0 Å². The van der Waals surface area contributed by atoms with Crippen LogP contribution in [-0.2, 0) is 12.0 Å². The number of aryl methyl sites for hydroxylation is 1. The Hall–Kier alpha value is -2.43. The molecule has 1 saturated heterocycles. The third-order valence-corrected chi connectivity index (χ3v) is 6.19. The van der Waals surface area contributed by atoms with Crippen molar-refractivity contribution in [2.24, 2.45) is 0 Å². The molecular weight excluding hydrogens is 361 g/mol. The summed E-state index contributed by atoms with van der Waals surface area (Å²) in [6, 6.07) is 18.5. The Morgan fingerprint density at radius 1 is 1.00 bits per heavy atom. The molecule has 1 aliphatic heterocycles. The fraction of sp³-hybridized carbons (Fsp3) is 0.360. The molecule has 0 spiro atoms. The third kappa shape index (κ3) is 3.75. The van der Waals surface area contributed by atoms with Gasteiger partial charge in [-0.1, -0.05) is 78.9 Å². The second-order valence-electron chi connectivity index (χ2n) is 7.95. The van der Waals surface area contributed by atoms with Crippen molar-refractivity contribution in [3.63, 3.8) is 0 Å². The van der Waals surface area contributed by atoms with E-state index in [1.165, 1.54) is 11.3 Å². The highest BCUT2D eigenvalue weighted by molar-refractivity contribution is 5.54. The van der Waals surface area contributed by atoms with Gasteiger partial charge in [0.2, 0.25) is 0 Å². The summed E-state index contributed by atoms with van der Waals surface area (Å²) in [6.07, 6.45) is 9.37. The van der Waals surface area contributed by atoms with E-state index in [0.29, 0.717) is 13.2 Å². The molecule has 1 heterocycles. The zero-order chi connectivity index (χ0) is 20.3. The molecule has 2 aromatic carbocycles. The summed E-state index contributed by atoms with van der Waals surface area (Å²) in [4.78, 5) is 2.28. The Bertz CT molecular complexity index is 892. The summed E-state index contributed by atoms with van der Waals surface area (Å²) in [6.45, 7) is 6.19. The lowest BCUT2D eigenvalue weighted by Gasteiger charge is -2.41. The minimum absolute atomic E-state index is 0.549. The van der Waals surface area contributed by atoms with Crippen LogP contribution in [0.4, 0.5) is 10.2 Å². The van der Waals surface area contributed by atoms with Gasteiger partial charge < -0.3 is 4.90 Å². The maximum Gasteiger partial charge on any atom is 0.114 e. The molecule has 1 aliphatic carbocycles. The maximum atomic E-state index is 16.2. The number of rotatable bonds is 6. The summed E-state index contributed by atoms with van der Waals surface area (Å²) in [5.41, 5.74) is 3.66. The van der Waals surface area contributed by atoms with Crippen LogP contribution in [-0.4, -0.2) is 30.0 Å². The zero-order valence-electron chi connectivity index (χ0n) is 17.4. The minimum Gasteiger partial charge on any atom is -0.356 e. The molecule has 0 N–H and O–H groups in total. The van der Waals surface area contributed by atoms with E-state index in [2.05, 4.69) is 54.3 Å². The Morgan fingerprint density at radius 2 is 1.76 bits per heavy atom. The van der Waals surface area contributed by atoms with Gasteiger partial charge in [-0.15, -0.1) is 4.48 Å². The number of hydrogen-bond acceptors (Lipinski definition) is 3. The molecule has 0 bridgehead atoms. The van der Waals surface area contributed by atoms with Gasteiger partial charge in [-0.25, -0.2) is 0 Å². The van der Waals surface area contributed by atoms with Crippen molar-refractivity contribution in [1.29, 1.82) is 0 Å². The highest BCUT2D eigenvalue weighted by Gasteiger charge is 2.43. The monoisotopic (exact) mass is 391 g/mol. The molecule has 4 heteroatoms. The van der Waals surface area contributed by atoms with Gasteiger partial charge in [-0.3, -0.25) is 0 Å². The second-order valence-corrected chi connectivity index (χ2v) is 7.95. The molecule has 1 fully saturated rings. The van der Waals surface area contributed by atoms with E-state index in [-0.39, 0.29) is 0 Å². The summed E-state index contributed by atoms with van der Waals surface area (Å²) >= 11 is 0. The Kier molecular flexibility index (Phi) is 5.84. The lowest BCUT2D eigenvalue weighted by atomic mass is 9.82. The number of anilines is 1. The summed E-state index contributed by atoms with van der Waals surface area (Å²) < 4.78 is 16.2. The quantitative estimate of drug-likeness (QED) is 0.592. The fourth-order valence-electron chi connectivity index (χ4n) is 4.43. The topological polar surface area (TPSA) is 9.72 Å². The van der Waals surface area contributed by atoms with Gasteiger partial charge in [0.1, 0.15) is 5.54 Å². The van der Waals surface area contributed by atoms with Crippen LogP contribution in [0, 0.1) is 0 Å². The van der Waals surface area contributed by atoms with E-state index in [1.54, 1.807) is 0 Å². The molecule has 29 heavy (non-hydrogen) atoms. The molecule has 4 rings (SSSR count). The van der Waals surface area contributed by atoms with Crippen molar-refractivity contribution in [2.75, 3.05) is 24.7 Å². The summed E-state index contributed by atoms with van der Waals surface area (Å²) in [5.74, 6) is 0. The number of hydrazine groups is 1. The third-order valence-electron chi connectivity index (χ3n) is 6.19. The van der Waals surface area contributed by atoms with E-state index in [1.807, 2.05) is 42.3 Å². The van der Waals surface area contributed by atoms with Crippen LogP contribution >= 0.6 is 0 Å². The van der Waals surface area contributed by atoms with Crippen molar-refractivity contribution in [2.45, 2.75) is 38.6 Å². The van der Waals surface area contributed by atoms with Gasteiger partial charge in [0.05, 0.1) is 6.67 Å². The Balaban J connectivity index is 1.63. The molecule has 3 nitrogen and oxygen atoms in total. The standard InChI is InChI=1S/C25H30FN3/c1-3-21-12-10-11-17-24(21)27-18-19-28(20-27)29(26)25(2,22-13-6-4-7-14-22)23-15-8-5-9-16-23/h4,6-8,10-17H,3,5,9,18-20H2,1-2H3. The first kappa shape index (κ1) is 19.9. The predicted molar refractivity (Wildman–Crippen MR) is 118 cm³/mol. The highest BCUT2D eigenvalue weighted by Crippen LogP contribution is 2.40. The average molecular weight is 392 g/mol. The zero-order valence-corrected chi connectivity index (χ0v) is 17.4. The molecule has 0 saturated carbocycles. The van der Waals surface area contributed by atoms with Crippen molar-refractivity contribution in [3.8, 4) is 0 Å². The fourth-order valence-corrected chi connectivity index (χ4v) is 4.43.